The van der Waals surface area contributed by atoms with Gasteiger partial charge in [-0.15, -0.1) is 0 Å². The van der Waals surface area contributed by atoms with Gasteiger partial charge in [-0.25, -0.2) is 18.0 Å². The maximum atomic E-state index is 13.1. The first-order valence-electron chi connectivity index (χ1n) is 4.87. The van der Waals surface area contributed by atoms with Crippen molar-refractivity contribution in [3.63, 3.8) is 0 Å². The van der Waals surface area contributed by atoms with Crippen LogP contribution in [0.2, 0.25) is 0 Å². The van der Waals surface area contributed by atoms with E-state index in [9.17, 15) is 36.2 Å². The lowest BCUT2D eigenvalue weighted by Crippen LogP contribution is -2.20. The van der Waals surface area contributed by atoms with E-state index in [1.54, 1.807) is 0 Å². The van der Waals surface area contributed by atoms with Crippen molar-refractivity contribution in [3.05, 3.63) is 41.2 Å². The molecular weight excluding hydrogens is 294 g/mol. The maximum absolute atomic E-state index is 13.1. The van der Waals surface area contributed by atoms with E-state index in [1.165, 1.54) is 0 Å². The molecule has 9 heteroatoms. The summed E-state index contributed by atoms with van der Waals surface area (Å²) in [6.07, 6.45) is -4.79. The number of rotatable bonds is 3. The second-order valence-corrected chi connectivity index (χ2v) is 3.48. The Balaban J connectivity index is 2.89. The molecule has 0 saturated heterocycles. The van der Waals surface area contributed by atoms with Crippen molar-refractivity contribution in [1.82, 2.24) is 0 Å². The molecule has 0 aromatic heterocycles. The zero-order valence-corrected chi connectivity index (χ0v) is 9.43. The van der Waals surface area contributed by atoms with E-state index < -0.39 is 47.5 Å². The van der Waals surface area contributed by atoms with E-state index in [4.69, 9.17) is 0 Å². The van der Waals surface area contributed by atoms with Crippen molar-refractivity contribution in [2.75, 3.05) is 6.61 Å². The Labute approximate surface area is 108 Å². The van der Waals surface area contributed by atoms with Gasteiger partial charge in [0.05, 0.1) is 0 Å². The van der Waals surface area contributed by atoms with Gasteiger partial charge in [0.15, 0.2) is 18.2 Å². The number of benzene rings is 1. The third kappa shape index (κ3) is 4.48. The average molecular weight is 299 g/mol. The molecule has 0 aliphatic heterocycles. The van der Waals surface area contributed by atoms with Gasteiger partial charge in [-0.2, -0.15) is 13.2 Å². The molecule has 0 atom stereocenters. The van der Waals surface area contributed by atoms with Crippen molar-refractivity contribution in [2.24, 2.45) is 0 Å². The Hall–Kier alpha value is -2.19. The molecule has 1 aromatic carbocycles. The SMILES string of the molecule is O=C(/C=C(\[O-])c1cc(F)c(F)cc1F)OCC(F)(F)F. The second-order valence-electron chi connectivity index (χ2n) is 3.48. The number of alkyl halides is 3. The topological polar surface area (TPSA) is 49.4 Å². The lowest BCUT2D eigenvalue weighted by molar-refractivity contribution is -0.244. The first-order valence-corrected chi connectivity index (χ1v) is 4.87. The van der Waals surface area contributed by atoms with Crippen molar-refractivity contribution < 1.29 is 41.0 Å². The number of halogens is 6. The molecule has 20 heavy (non-hydrogen) atoms. The summed E-state index contributed by atoms with van der Waals surface area (Å²) < 4.78 is 77.3. The van der Waals surface area contributed by atoms with Crippen LogP contribution in [0, 0.1) is 17.5 Å². The first-order chi connectivity index (χ1) is 9.10. The monoisotopic (exact) mass is 299 g/mol. The highest BCUT2D eigenvalue weighted by atomic mass is 19.4. The fourth-order valence-corrected chi connectivity index (χ4v) is 1.09. The van der Waals surface area contributed by atoms with Gasteiger partial charge in [-0.3, -0.25) is 0 Å². The Bertz CT molecular complexity index is 550. The molecule has 0 amide bonds. The van der Waals surface area contributed by atoms with E-state index in [-0.39, 0.29) is 18.2 Å². The molecule has 0 aliphatic rings. The van der Waals surface area contributed by atoms with Crippen LogP contribution < -0.4 is 5.11 Å². The standard InChI is InChI=1S/C11H6F6O3/c12-6-2-8(14)7(13)1-5(6)9(18)3-10(19)20-4-11(15,16)17/h1-3,18H,4H2/p-1/b9-3-. The largest absolute Gasteiger partial charge is 0.872 e. The summed E-state index contributed by atoms with van der Waals surface area (Å²) in [5, 5.41) is 11.3. The molecule has 0 unspecified atom stereocenters. The van der Waals surface area contributed by atoms with Gasteiger partial charge in [-0.1, -0.05) is 5.76 Å². The summed E-state index contributed by atoms with van der Waals surface area (Å²) in [6, 6.07) is 0.248. The highest BCUT2D eigenvalue weighted by Gasteiger charge is 2.29. The summed E-state index contributed by atoms with van der Waals surface area (Å²) in [6.45, 7) is -1.93. The lowest BCUT2D eigenvalue weighted by atomic mass is 10.1. The highest BCUT2D eigenvalue weighted by Crippen LogP contribution is 2.19. The smallest absolute Gasteiger partial charge is 0.422 e. The number of ether oxygens (including phenoxy) is 1. The minimum Gasteiger partial charge on any atom is -0.872 e. The molecule has 1 rings (SSSR count). The van der Waals surface area contributed by atoms with E-state index in [0.29, 0.717) is 0 Å². The van der Waals surface area contributed by atoms with Crippen molar-refractivity contribution in [1.29, 1.82) is 0 Å². The van der Waals surface area contributed by atoms with Crippen LogP contribution in [0.5, 0.6) is 0 Å². The Morgan fingerprint density at radius 2 is 1.70 bits per heavy atom. The third-order valence-corrected chi connectivity index (χ3v) is 1.90. The first kappa shape index (κ1) is 15.9. The van der Waals surface area contributed by atoms with Crippen molar-refractivity contribution in [3.8, 4) is 0 Å². The van der Waals surface area contributed by atoms with Crippen molar-refractivity contribution in [2.45, 2.75) is 6.18 Å². The molecule has 0 saturated carbocycles. The Kier molecular flexibility index (Phi) is 4.64. The molecule has 0 aliphatic carbocycles. The third-order valence-electron chi connectivity index (χ3n) is 1.90. The Morgan fingerprint density at radius 1 is 1.15 bits per heavy atom. The highest BCUT2D eigenvalue weighted by molar-refractivity contribution is 5.89. The summed E-state index contributed by atoms with van der Waals surface area (Å²) in [5.74, 6) is -7.70. The number of hydrogen-bond donors (Lipinski definition) is 0. The normalized spacial score (nSPS) is 12.4. The van der Waals surface area contributed by atoms with Crippen LogP contribution >= 0.6 is 0 Å². The zero-order chi connectivity index (χ0) is 15.5. The van der Waals surface area contributed by atoms with Gasteiger partial charge in [0.25, 0.3) is 0 Å². The van der Waals surface area contributed by atoms with Crippen LogP contribution in [-0.4, -0.2) is 18.8 Å². The summed E-state index contributed by atoms with van der Waals surface area (Å²) in [4.78, 5) is 10.8. The number of carbonyl (C=O) groups is 1. The van der Waals surface area contributed by atoms with E-state index >= 15 is 0 Å². The molecule has 0 radical (unpaired) electrons. The van der Waals surface area contributed by atoms with Crippen LogP contribution in [0.25, 0.3) is 5.76 Å². The molecule has 0 N–H and O–H groups in total. The van der Waals surface area contributed by atoms with Gasteiger partial charge < -0.3 is 9.84 Å². The molecule has 110 valence electrons. The molecule has 3 nitrogen and oxygen atoms in total. The second kappa shape index (κ2) is 5.85. The molecule has 1 aromatic rings. The van der Waals surface area contributed by atoms with Crippen molar-refractivity contribution >= 4 is 11.7 Å². The quantitative estimate of drug-likeness (QED) is 0.282. The van der Waals surface area contributed by atoms with Crippen LogP contribution in [0.15, 0.2) is 18.2 Å². The van der Waals surface area contributed by atoms with Gasteiger partial charge in [0.1, 0.15) is 5.82 Å². The van der Waals surface area contributed by atoms with Crippen LogP contribution in [0.3, 0.4) is 0 Å². The van der Waals surface area contributed by atoms with E-state index in [1.807, 2.05) is 0 Å². The van der Waals surface area contributed by atoms with Gasteiger partial charge in [-0.05, 0) is 6.07 Å². The number of carbonyl (C=O) groups excluding carboxylic acids is 1. The van der Waals surface area contributed by atoms with Crippen LogP contribution in [0.1, 0.15) is 5.56 Å². The van der Waals surface area contributed by atoms with Crippen LogP contribution in [0.4, 0.5) is 26.3 Å². The molecular formula is C11H5F6O3-. The predicted octanol–water partition coefficient (Wildman–Crippen LogP) is 1.91. The molecule has 0 bridgehead atoms. The summed E-state index contributed by atoms with van der Waals surface area (Å²) >= 11 is 0. The zero-order valence-electron chi connectivity index (χ0n) is 9.43. The number of hydrogen-bond acceptors (Lipinski definition) is 3. The van der Waals surface area contributed by atoms with Gasteiger partial charge in [0, 0.05) is 17.7 Å². The minimum atomic E-state index is -4.79. The Morgan fingerprint density at radius 3 is 2.25 bits per heavy atom. The maximum Gasteiger partial charge on any atom is 0.422 e. The average Bonchev–Trinajstić information content (AvgIpc) is 2.30. The lowest BCUT2D eigenvalue weighted by Gasteiger charge is -2.13. The summed E-state index contributed by atoms with van der Waals surface area (Å²) in [7, 11) is 0. The van der Waals surface area contributed by atoms with Gasteiger partial charge in [0.2, 0.25) is 0 Å². The van der Waals surface area contributed by atoms with E-state index in [2.05, 4.69) is 4.74 Å². The predicted molar refractivity (Wildman–Crippen MR) is 51.3 cm³/mol. The fourth-order valence-electron chi connectivity index (χ4n) is 1.09. The molecule has 0 heterocycles. The van der Waals surface area contributed by atoms with Gasteiger partial charge >= 0.3 is 12.1 Å². The summed E-state index contributed by atoms with van der Waals surface area (Å²) in [5.41, 5.74) is -1.01. The van der Waals surface area contributed by atoms with Crippen LogP contribution in [-0.2, 0) is 9.53 Å². The molecule has 0 spiro atoms. The molecule has 0 fully saturated rings. The van der Waals surface area contributed by atoms with E-state index in [0.717, 1.165) is 0 Å². The fraction of sp³-hybridized carbons (Fsp3) is 0.182. The number of esters is 1. The minimum absolute atomic E-state index is 0.00149.